The Morgan fingerprint density at radius 1 is 1.35 bits per heavy atom. The number of piperidine rings is 1. The minimum absolute atomic E-state index is 0.0899. The molecule has 1 amide bonds. The van der Waals surface area contributed by atoms with Gasteiger partial charge in [0.1, 0.15) is 6.33 Å². The van der Waals surface area contributed by atoms with Gasteiger partial charge >= 0.3 is 0 Å². The summed E-state index contributed by atoms with van der Waals surface area (Å²) in [5.74, 6) is 0.0899. The maximum Gasteiger partial charge on any atom is 0.254 e. The van der Waals surface area contributed by atoms with Crippen LogP contribution in [-0.4, -0.2) is 43.6 Å². The Balaban J connectivity index is 1.86. The third-order valence-corrected chi connectivity index (χ3v) is 3.77. The first kappa shape index (κ1) is 12.8. The molecule has 2 aromatic rings. The minimum Gasteiger partial charge on any atom is -0.336 e. The van der Waals surface area contributed by atoms with E-state index in [-0.39, 0.29) is 5.91 Å². The Bertz CT molecular complexity index is 595. The van der Waals surface area contributed by atoms with Crippen LogP contribution in [0.15, 0.2) is 30.6 Å². The average Bonchev–Trinajstić information content (AvgIpc) is 3.01. The fourth-order valence-electron chi connectivity index (χ4n) is 2.63. The molecule has 1 saturated heterocycles. The molecule has 0 spiro atoms. The molecule has 1 aliphatic rings. The van der Waals surface area contributed by atoms with Crippen LogP contribution < -0.4 is 0 Å². The summed E-state index contributed by atoms with van der Waals surface area (Å²) < 4.78 is 1.55. The molecule has 0 aliphatic carbocycles. The minimum atomic E-state index is 0.0899. The highest BCUT2D eigenvalue weighted by Gasteiger charge is 2.24. The standard InChI is InChI=1S/C14H17N5O/c1-11-5-2-3-8-18(11)14(20)12-6-4-7-13(9-12)19-10-15-16-17-19/h4,6-7,9-11H,2-3,5,8H2,1H3. The highest BCUT2D eigenvalue weighted by molar-refractivity contribution is 5.95. The van der Waals surface area contributed by atoms with E-state index in [2.05, 4.69) is 22.4 Å². The predicted octanol–water partition coefficient (Wildman–Crippen LogP) is 1.68. The van der Waals surface area contributed by atoms with Crippen molar-refractivity contribution in [2.24, 2.45) is 0 Å². The number of aromatic nitrogens is 4. The molecule has 1 atom stereocenters. The quantitative estimate of drug-likeness (QED) is 0.833. The predicted molar refractivity (Wildman–Crippen MR) is 73.5 cm³/mol. The molecule has 1 unspecified atom stereocenters. The monoisotopic (exact) mass is 271 g/mol. The first-order valence-corrected chi connectivity index (χ1v) is 6.90. The van der Waals surface area contributed by atoms with Crippen LogP contribution in [0.25, 0.3) is 5.69 Å². The van der Waals surface area contributed by atoms with E-state index in [1.807, 2.05) is 29.2 Å². The molecule has 1 aliphatic heterocycles. The number of tetrazole rings is 1. The molecular weight excluding hydrogens is 254 g/mol. The summed E-state index contributed by atoms with van der Waals surface area (Å²) in [4.78, 5) is 14.6. The lowest BCUT2D eigenvalue weighted by atomic mass is 10.0. The van der Waals surface area contributed by atoms with Crippen molar-refractivity contribution in [3.8, 4) is 5.69 Å². The zero-order valence-corrected chi connectivity index (χ0v) is 11.4. The number of benzene rings is 1. The Morgan fingerprint density at radius 2 is 2.25 bits per heavy atom. The molecule has 0 radical (unpaired) electrons. The summed E-state index contributed by atoms with van der Waals surface area (Å²) in [6, 6.07) is 7.73. The molecule has 2 heterocycles. The van der Waals surface area contributed by atoms with E-state index in [0.717, 1.165) is 25.1 Å². The van der Waals surface area contributed by atoms with Crippen molar-refractivity contribution in [1.82, 2.24) is 25.1 Å². The van der Waals surface area contributed by atoms with Gasteiger partial charge in [-0.05, 0) is 54.8 Å². The third kappa shape index (κ3) is 2.41. The van der Waals surface area contributed by atoms with E-state index in [1.165, 1.54) is 12.7 Å². The number of carbonyl (C=O) groups is 1. The maximum absolute atomic E-state index is 12.6. The molecule has 0 N–H and O–H groups in total. The summed E-state index contributed by atoms with van der Waals surface area (Å²) in [7, 11) is 0. The van der Waals surface area contributed by atoms with Crippen molar-refractivity contribution in [1.29, 1.82) is 0 Å². The number of carbonyl (C=O) groups excluding carboxylic acids is 1. The average molecular weight is 271 g/mol. The van der Waals surface area contributed by atoms with Crippen molar-refractivity contribution < 1.29 is 4.79 Å². The summed E-state index contributed by atoms with van der Waals surface area (Å²) >= 11 is 0. The normalized spacial score (nSPS) is 19.1. The fourth-order valence-corrected chi connectivity index (χ4v) is 2.63. The van der Waals surface area contributed by atoms with Gasteiger partial charge in [-0.3, -0.25) is 4.79 Å². The topological polar surface area (TPSA) is 63.9 Å². The zero-order valence-electron chi connectivity index (χ0n) is 11.4. The molecule has 0 saturated carbocycles. The van der Waals surface area contributed by atoms with E-state index in [9.17, 15) is 4.79 Å². The highest BCUT2D eigenvalue weighted by Crippen LogP contribution is 2.20. The van der Waals surface area contributed by atoms with Crippen LogP contribution in [0.4, 0.5) is 0 Å². The van der Waals surface area contributed by atoms with E-state index in [1.54, 1.807) is 4.68 Å². The van der Waals surface area contributed by atoms with Crippen LogP contribution in [0.1, 0.15) is 36.5 Å². The van der Waals surface area contributed by atoms with Gasteiger partial charge in [-0.25, -0.2) is 4.68 Å². The van der Waals surface area contributed by atoms with Gasteiger partial charge in [-0.1, -0.05) is 6.07 Å². The molecular formula is C14H17N5O. The van der Waals surface area contributed by atoms with Gasteiger partial charge in [-0.2, -0.15) is 0 Å². The van der Waals surface area contributed by atoms with Gasteiger partial charge in [0.15, 0.2) is 0 Å². The van der Waals surface area contributed by atoms with Crippen LogP contribution in [0.2, 0.25) is 0 Å². The van der Waals surface area contributed by atoms with E-state index in [0.29, 0.717) is 11.6 Å². The number of likely N-dealkylation sites (tertiary alicyclic amines) is 1. The summed E-state index contributed by atoms with van der Waals surface area (Å²) in [6.45, 7) is 2.96. The second-order valence-electron chi connectivity index (χ2n) is 5.15. The van der Waals surface area contributed by atoms with Crippen molar-refractivity contribution in [3.63, 3.8) is 0 Å². The van der Waals surface area contributed by atoms with Crippen LogP contribution in [0.3, 0.4) is 0 Å². The maximum atomic E-state index is 12.6. The van der Waals surface area contributed by atoms with Crippen LogP contribution in [-0.2, 0) is 0 Å². The van der Waals surface area contributed by atoms with Gasteiger partial charge in [0, 0.05) is 18.2 Å². The van der Waals surface area contributed by atoms with E-state index < -0.39 is 0 Å². The van der Waals surface area contributed by atoms with Crippen LogP contribution in [0, 0.1) is 0 Å². The number of hydrogen-bond donors (Lipinski definition) is 0. The molecule has 1 aromatic heterocycles. The smallest absolute Gasteiger partial charge is 0.254 e. The lowest BCUT2D eigenvalue weighted by molar-refractivity contribution is 0.0635. The van der Waals surface area contributed by atoms with Gasteiger partial charge in [0.2, 0.25) is 0 Å². The molecule has 20 heavy (non-hydrogen) atoms. The van der Waals surface area contributed by atoms with E-state index >= 15 is 0 Å². The van der Waals surface area contributed by atoms with Gasteiger partial charge < -0.3 is 4.90 Å². The second kappa shape index (κ2) is 5.40. The Labute approximate surface area is 117 Å². The largest absolute Gasteiger partial charge is 0.336 e. The lowest BCUT2D eigenvalue weighted by Crippen LogP contribution is -2.42. The molecule has 104 valence electrons. The first-order chi connectivity index (χ1) is 9.75. The van der Waals surface area contributed by atoms with Crippen molar-refractivity contribution in [2.75, 3.05) is 6.54 Å². The number of nitrogens with zero attached hydrogens (tertiary/aromatic N) is 5. The highest BCUT2D eigenvalue weighted by atomic mass is 16.2. The zero-order chi connectivity index (χ0) is 13.9. The molecule has 1 fully saturated rings. The summed E-state index contributed by atoms with van der Waals surface area (Å²) in [5.41, 5.74) is 1.48. The van der Waals surface area contributed by atoms with Crippen molar-refractivity contribution in [2.45, 2.75) is 32.2 Å². The molecule has 0 bridgehead atoms. The number of rotatable bonds is 2. The van der Waals surface area contributed by atoms with Crippen molar-refractivity contribution >= 4 is 5.91 Å². The van der Waals surface area contributed by atoms with Gasteiger partial charge in [-0.15, -0.1) is 5.10 Å². The van der Waals surface area contributed by atoms with Gasteiger partial charge in [0.25, 0.3) is 5.91 Å². The first-order valence-electron chi connectivity index (χ1n) is 6.90. The van der Waals surface area contributed by atoms with Crippen LogP contribution >= 0.6 is 0 Å². The SMILES string of the molecule is CC1CCCCN1C(=O)c1cccc(-n2cnnn2)c1. The second-order valence-corrected chi connectivity index (χ2v) is 5.15. The number of amides is 1. The Kier molecular flexibility index (Phi) is 3.45. The van der Waals surface area contributed by atoms with Crippen LogP contribution in [0.5, 0.6) is 0 Å². The van der Waals surface area contributed by atoms with E-state index in [4.69, 9.17) is 0 Å². The van der Waals surface area contributed by atoms with Gasteiger partial charge in [0.05, 0.1) is 5.69 Å². The Morgan fingerprint density at radius 3 is 3.00 bits per heavy atom. The number of hydrogen-bond acceptors (Lipinski definition) is 4. The summed E-state index contributed by atoms with van der Waals surface area (Å²) in [6.07, 6.45) is 4.89. The lowest BCUT2D eigenvalue weighted by Gasteiger charge is -2.33. The fraction of sp³-hybridized carbons (Fsp3) is 0.429. The molecule has 3 rings (SSSR count). The summed E-state index contributed by atoms with van der Waals surface area (Å²) in [5, 5.41) is 11.1. The Hall–Kier alpha value is -2.24. The molecule has 6 heteroatoms. The molecule has 1 aromatic carbocycles. The molecule has 6 nitrogen and oxygen atoms in total. The van der Waals surface area contributed by atoms with Crippen molar-refractivity contribution in [3.05, 3.63) is 36.2 Å². The third-order valence-electron chi connectivity index (χ3n) is 3.77.